The Morgan fingerprint density at radius 2 is 1.79 bits per heavy atom. The van der Waals surface area contributed by atoms with Crippen molar-refractivity contribution < 1.29 is 4.52 Å². The van der Waals surface area contributed by atoms with Crippen molar-refractivity contribution in [2.24, 2.45) is 0 Å². The molecule has 1 atom stereocenters. The highest BCUT2D eigenvalue weighted by Crippen LogP contribution is 2.14. The van der Waals surface area contributed by atoms with E-state index in [4.69, 9.17) is 4.52 Å². The lowest BCUT2D eigenvalue weighted by Gasteiger charge is -2.12. The first-order valence-electron chi connectivity index (χ1n) is 5.10. The summed E-state index contributed by atoms with van der Waals surface area (Å²) >= 11 is 0. The van der Waals surface area contributed by atoms with Crippen LogP contribution in [0.15, 0.2) is 4.52 Å². The van der Waals surface area contributed by atoms with Gasteiger partial charge in [0.25, 0.3) is 0 Å². The standard InChI is InChI=1S/C10H19N3O/c1-6(2)9-12-10(14-13-9)8(5)11-7(3)4/h6-8,11H,1-5H3. The zero-order valence-corrected chi connectivity index (χ0v) is 9.53. The van der Waals surface area contributed by atoms with Crippen molar-refractivity contribution in [2.75, 3.05) is 0 Å². The van der Waals surface area contributed by atoms with Gasteiger partial charge in [0.2, 0.25) is 5.89 Å². The molecule has 0 aliphatic heterocycles. The molecule has 0 aliphatic carbocycles. The third-order valence-corrected chi connectivity index (χ3v) is 1.93. The topological polar surface area (TPSA) is 51.0 Å². The number of nitrogens with zero attached hydrogens (tertiary/aromatic N) is 2. The first-order valence-corrected chi connectivity index (χ1v) is 5.10. The highest BCUT2D eigenvalue weighted by Gasteiger charge is 2.15. The van der Waals surface area contributed by atoms with Crippen LogP contribution in [-0.4, -0.2) is 16.2 Å². The minimum absolute atomic E-state index is 0.120. The van der Waals surface area contributed by atoms with Crippen molar-refractivity contribution in [3.05, 3.63) is 11.7 Å². The molecule has 1 aromatic rings. The molecular weight excluding hydrogens is 178 g/mol. The van der Waals surface area contributed by atoms with Gasteiger partial charge in [0.05, 0.1) is 6.04 Å². The van der Waals surface area contributed by atoms with Gasteiger partial charge in [0.1, 0.15) is 0 Å². The van der Waals surface area contributed by atoms with Gasteiger partial charge < -0.3 is 9.84 Å². The molecule has 1 unspecified atom stereocenters. The predicted octanol–water partition coefficient (Wildman–Crippen LogP) is 2.25. The van der Waals surface area contributed by atoms with Crippen molar-refractivity contribution in [1.82, 2.24) is 15.5 Å². The van der Waals surface area contributed by atoms with Gasteiger partial charge in [-0.15, -0.1) is 0 Å². The van der Waals surface area contributed by atoms with Crippen LogP contribution in [0.3, 0.4) is 0 Å². The maximum atomic E-state index is 5.16. The number of rotatable bonds is 4. The second-order valence-corrected chi connectivity index (χ2v) is 4.19. The Labute approximate surface area is 85.1 Å². The van der Waals surface area contributed by atoms with Crippen molar-refractivity contribution in [1.29, 1.82) is 0 Å². The van der Waals surface area contributed by atoms with E-state index in [1.807, 2.05) is 6.92 Å². The Morgan fingerprint density at radius 3 is 2.21 bits per heavy atom. The Hall–Kier alpha value is -0.900. The van der Waals surface area contributed by atoms with Crippen molar-refractivity contribution in [3.63, 3.8) is 0 Å². The summed E-state index contributed by atoms with van der Waals surface area (Å²) in [6.45, 7) is 10.3. The largest absolute Gasteiger partial charge is 0.338 e. The molecule has 80 valence electrons. The van der Waals surface area contributed by atoms with Crippen molar-refractivity contribution in [2.45, 2.75) is 52.6 Å². The lowest BCUT2D eigenvalue weighted by molar-refractivity contribution is 0.327. The molecule has 1 N–H and O–H groups in total. The third-order valence-electron chi connectivity index (χ3n) is 1.93. The molecule has 0 saturated carbocycles. The van der Waals surface area contributed by atoms with Gasteiger partial charge in [-0.25, -0.2) is 0 Å². The Bertz CT molecular complexity index is 281. The van der Waals surface area contributed by atoms with Gasteiger partial charge in [-0.1, -0.05) is 32.9 Å². The summed E-state index contributed by atoms with van der Waals surface area (Å²) in [4.78, 5) is 4.32. The fraction of sp³-hybridized carbons (Fsp3) is 0.800. The van der Waals surface area contributed by atoms with Crippen LogP contribution in [0.25, 0.3) is 0 Å². The fourth-order valence-electron chi connectivity index (χ4n) is 1.23. The fourth-order valence-corrected chi connectivity index (χ4v) is 1.23. The quantitative estimate of drug-likeness (QED) is 0.804. The van der Waals surface area contributed by atoms with Gasteiger partial charge in [-0.05, 0) is 6.92 Å². The highest BCUT2D eigenvalue weighted by atomic mass is 16.5. The number of hydrogen-bond acceptors (Lipinski definition) is 4. The summed E-state index contributed by atoms with van der Waals surface area (Å²) in [5.74, 6) is 1.76. The SMILES string of the molecule is CC(C)NC(C)c1nc(C(C)C)no1. The number of aromatic nitrogens is 2. The second kappa shape index (κ2) is 4.55. The van der Waals surface area contributed by atoms with E-state index in [-0.39, 0.29) is 6.04 Å². The molecule has 1 heterocycles. The summed E-state index contributed by atoms with van der Waals surface area (Å²) in [6.07, 6.45) is 0. The molecule has 0 aliphatic rings. The van der Waals surface area contributed by atoms with Crippen LogP contribution in [0.2, 0.25) is 0 Å². The first-order chi connectivity index (χ1) is 6.50. The highest BCUT2D eigenvalue weighted by molar-refractivity contribution is 4.95. The van der Waals surface area contributed by atoms with E-state index in [1.54, 1.807) is 0 Å². The summed E-state index contributed by atoms with van der Waals surface area (Å²) in [6, 6.07) is 0.536. The lowest BCUT2D eigenvalue weighted by Crippen LogP contribution is -2.26. The van der Waals surface area contributed by atoms with Gasteiger partial charge >= 0.3 is 0 Å². The molecule has 0 bridgehead atoms. The van der Waals surface area contributed by atoms with E-state index in [0.717, 1.165) is 5.82 Å². The molecule has 0 fully saturated rings. The summed E-state index contributed by atoms with van der Waals surface area (Å²) in [7, 11) is 0. The minimum atomic E-state index is 0.120. The van der Waals surface area contributed by atoms with E-state index in [9.17, 15) is 0 Å². The van der Waals surface area contributed by atoms with E-state index in [1.165, 1.54) is 0 Å². The Kier molecular flexibility index (Phi) is 3.63. The molecule has 1 rings (SSSR count). The lowest BCUT2D eigenvalue weighted by atomic mass is 10.2. The van der Waals surface area contributed by atoms with E-state index < -0.39 is 0 Å². The van der Waals surface area contributed by atoms with Crippen LogP contribution in [0.1, 0.15) is 58.3 Å². The van der Waals surface area contributed by atoms with E-state index >= 15 is 0 Å². The van der Waals surface area contributed by atoms with Crippen molar-refractivity contribution in [3.8, 4) is 0 Å². The molecule has 0 radical (unpaired) electrons. The van der Waals surface area contributed by atoms with Gasteiger partial charge in [0.15, 0.2) is 5.82 Å². The summed E-state index contributed by atoms with van der Waals surface area (Å²) < 4.78 is 5.16. The number of hydrogen-bond donors (Lipinski definition) is 1. The van der Waals surface area contributed by atoms with E-state index in [0.29, 0.717) is 17.9 Å². The molecule has 0 amide bonds. The minimum Gasteiger partial charge on any atom is -0.338 e. The second-order valence-electron chi connectivity index (χ2n) is 4.19. The van der Waals surface area contributed by atoms with Crippen LogP contribution >= 0.6 is 0 Å². The summed E-state index contributed by atoms with van der Waals surface area (Å²) in [5.41, 5.74) is 0. The molecule has 1 aromatic heterocycles. The Morgan fingerprint density at radius 1 is 1.14 bits per heavy atom. The van der Waals surface area contributed by atoms with Gasteiger partial charge in [-0.2, -0.15) is 4.98 Å². The molecule has 4 nitrogen and oxygen atoms in total. The molecule has 0 aromatic carbocycles. The molecule has 4 heteroatoms. The monoisotopic (exact) mass is 197 g/mol. The van der Waals surface area contributed by atoms with Crippen LogP contribution in [0, 0.1) is 0 Å². The van der Waals surface area contributed by atoms with Crippen LogP contribution in [0.5, 0.6) is 0 Å². The third kappa shape index (κ3) is 2.80. The zero-order chi connectivity index (χ0) is 10.7. The molecule has 14 heavy (non-hydrogen) atoms. The maximum absolute atomic E-state index is 5.16. The van der Waals surface area contributed by atoms with Gasteiger partial charge in [-0.3, -0.25) is 0 Å². The maximum Gasteiger partial charge on any atom is 0.243 e. The zero-order valence-electron chi connectivity index (χ0n) is 9.53. The smallest absolute Gasteiger partial charge is 0.243 e. The average molecular weight is 197 g/mol. The molecule has 0 saturated heterocycles. The first kappa shape index (κ1) is 11.2. The van der Waals surface area contributed by atoms with Crippen LogP contribution < -0.4 is 5.32 Å². The molecular formula is C10H19N3O. The van der Waals surface area contributed by atoms with Gasteiger partial charge in [0, 0.05) is 12.0 Å². The normalized spacial score (nSPS) is 13.9. The Balaban J connectivity index is 2.66. The average Bonchev–Trinajstić information content (AvgIpc) is 2.50. The van der Waals surface area contributed by atoms with Crippen LogP contribution in [-0.2, 0) is 0 Å². The summed E-state index contributed by atoms with van der Waals surface area (Å²) in [5, 5.41) is 7.23. The van der Waals surface area contributed by atoms with E-state index in [2.05, 4.69) is 43.2 Å². The molecule has 0 spiro atoms. The van der Waals surface area contributed by atoms with Crippen molar-refractivity contribution >= 4 is 0 Å². The predicted molar refractivity (Wildman–Crippen MR) is 55.1 cm³/mol. The van der Waals surface area contributed by atoms with Crippen LogP contribution in [0.4, 0.5) is 0 Å². The number of nitrogens with one attached hydrogen (secondary N) is 1.